The summed E-state index contributed by atoms with van der Waals surface area (Å²) in [7, 11) is 0. The summed E-state index contributed by atoms with van der Waals surface area (Å²) in [5.41, 5.74) is 1.87. The Morgan fingerprint density at radius 1 is 1.28 bits per heavy atom. The molecular weight excluding hydrogens is 318 g/mol. The highest BCUT2D eigenvalue weighted by Crippen LogP contribution is 2.30. The van der Waals surface area contributed by atoms with Crippen molar-refractivity contribution >= 4 is 23.2 Å². The summed E-state index contributed by atoms with van der Waals surface area (Å²) in [6, 6.07) is 8.02. The molecule has 1 saturated heterocycles. The van der Waals surface area contributed by atoms with Crippen LogP contribution in [0.2, 0.25) is 0 Å². The topological polar surface area (TPSA) is 61.9 Å². The lowest BCUT2D eigenvalue weighted by molar-refractivity contribution is -0.121. The molecule has 0 aliphatic carbocycles. The van der Waals surface area contributed by atoms with Crippen molar-refractivity contribution in [1.82, 2.24) is 5.32 Å². The average molecular weight is 347 g/mol. The van der Waals surface area contributed by atoms with Crippen LogP contribution in [0.1, 0.15) is 33.6 Å². The molecule has 0 saturated carbocycles. The maximum absolute atomic E-state index is 12.2. The minimum absolute atomic E-state index is 0.0237. The minimum atomic E-state index is -0.0583. The Bertz CT molecular complexity index is 585. The van der Waals surface area contributed by atoms with Crippen LogP contribution in [0.15, 0.2) is 24.3 Å². The number of hydrogen-bond acceptors (Lipinski definition) is 4. The molecule has 6 nitrogen and oxygen atoms in total. The molecule has 1 unspecified atom stereocenters. The molecule has 1 fully saturated rings. The number of hydrogen-bond donors (Lipinski definition) is 1. The van der Waals surface area contributed by atoms with Crippen molar-refractivity contribution in [3.8, 4) is 0 Å². The van der Waals surface area contributed by atoms with Gasteiger partial charge in [0.25, 0.3) is 0 Å². The second-order valence-electron chi connectivity index (χ2n) is 6.39. The fraction of sp³-hybridized carbons (Fsp3) is 0.579. The molecule has 1 aromatic carbocycles. The van der Waals surface area contributed by atoms with E-state index in [1.54, 1.807) is 11.8 Å². The first kappa shape index (κ1) is 19.2. The average Bonchev–Trinajstić information content (AvgIpc) is 2.62. The largest absolute Gasteiger partial charge is 0.378 e. The summed E-state index contributed by atoms with van der Waals surface area (Å²) in [6.07, 6.45) is 1.18. The van der Waals surface area contributed by atoms with E-state index in [2.05, 4.69) is 10.2 Å². The van der Waals surface area contributed by atoms with E-state index in [4.69, 9.17) is 4.74 Å². The zero-order valence-corrected chi connectivity index (χ0v) is 15.5. The van der Waals surface area contributed by atoms with Crippen LogP contribution >= 0.6 is 0 Å². The van der Waals surface area contributed by atoms with Crippen LogP contribution in [0.5, 0.6) is 0 Å². The number of amides is 2. The lowest BCUT2D eigenvalue weighted by Crippen LogP contribution is -2.39. The number of carbonyl (C=O) groups excluding carboxylic acids is 2. The van der Waals surface area contributed by atoms with Gasteiger partial charge in [-0.1, -0.05) is 19.1 Å². The molecule has 0 spiro atoms. The van der Waals surface area contributed by atoms with Gasteiger partial charge in [-0.15, -0.1) is 0 Å². The van der Waals surface area contributed by atoms with Gasteiger partial charge in [-0.2, -0.15) is 0 Å². The maximum Gasteiger partial charge on any atom is 0.223 e. The maximum atomic E-state index is 12.2. The van der Waals surface area contributed by atoms with Crippen molar-refractivity contribution in [3.05, 3.63) is 24.3 Å². The van der Waals surface area contributed by atoms with Gasteiger partial charge in [-0.05, 0) is 25.5 Å². The van der Waals surface area contributed by atoms with Crippen LogP contribution in [0.25, 0.3) is 0 Å². The second kappa shape index (κ2) is 9.42. The number of morpholine rings is 1. The molecule has 25 heavy (non-hydrogen) atoms. The van der Waals surface area contributed by atoms with Crippen molar-refractivity contribution in [2.24, 2.45) is 0 Å². The Hall–Kier alpha value is -2.08. The van der Waals surface area contributed by atoms with Crippen molar-refractivity contribution in [2.75, 3.05) is 42.6 Å². The van der Waals surface area contributed by atoms with Crippen molar-refractivity contribution in [2.45, 2.75) is 39.7 Å². The molecule has 6 heteroatoms. The summed E-state index contributed by atoms with van der Waals surface area (Å²) in [6.45, 7) is 8.91. The van der Waals surface area contributed by atoms with Gasteiger partial charge in [0.2, 0.25) is 11.8 Å². The first-order valence-corrected chi connectivity index (χ1v) is 9.02. The normalized spacial score (nSPS) is 15.6. The van der Waals surface area contributed by atoms with E-state index in [1.165, 1.54) is 0 Å². The zero-order valence-electron chi connectivity index (χ0n) is 15.5. The smallest absolute Gasteiger partial charge is 0.223 e. The third-order valence-electron chi connectivity index (χ3n) is 4.49. The first-order valence-electron chi connectivity index (χ1n) is 9.02. The molecule has 1 heterocycles. The number of carbonyl (C=O) groups is 2. The van der Waals surface area contributed by atoms with Crippen molar-refractivity contribution < 1.29 is 14.3 Å². The third kappa shape index (κ3) is 5.46. The molecule has 1 aliphatic heterocycles. The Morgan fingerprint density at radius 2 is 1.96 bits per heavy atom. The van der Waals surface area contributed by atoms with Crippen LogP contribution in [0.3, 0.4) is 0 Å². The van der Waals surface area contributed by atoms with Crippen molar-refractivity contribution in [1.29, 1.82) is 0 Å². The van der Waals surface area contributed by atoms with E-state index in [-0.39, 0.29) is 17.9 Å². The molecule has 0 radical (unpaired) electrons. The number of rotatable bonds is 7. The Kier molecular flexibility index (Phi) is 7.25. The van der Waals surface area contributed by atoms with Gasteiger partial charge in [0.1, 0.15) is 0 Å². The van der Waals surface area contributed by atoms with Crippen LogP contribution in [0.4, 0.5) is 11.4 Å². The summed E-state index contributed by atoms with van der Waals surface area (Å²) < 4.78 is 5.42. The van der Waals surface area contributed by atoms with E-state index in [0.29, 0.717) is 26.2 Å². The van der Waals surface area contributed by atoms with Gasteiger partial charge >= 0.3 is 0 Å². The monoisotopic (exact) mass is 347 g/mol. The molecule has 1 atom stereocenters. The number of anilines is 2. The van der Waals surface area contributed by atoms with Gasteiger partial charge in [0, 0.05) is 39.0 Å². The van der Waals surface area contributed by atoms with Gasteiger partial charge in [-0.25, -0.2) is 0 Å². The molecule has 1 N–H and O–H groups in total. The molecule has 138 valence electrons. The molecule has 2 rings (SSSR count). The highest BCUT2D eigenvalue weighted by Gasteiger charge is 2.21. The van der Waals surface area contributed by atoms with E-state index >= 15 is 0 Å². The Balaban J connectivity index is 2.12. The van der Waals surface area contributed by atoms with E-state index in [1.807, 2.05) is 38.1 Å². The highest BCUT2D eigenvalue weighted by molar-refractivity contribution is 5.96. The number of para-hydroxylation sites is 2. The van der Waals surface area contributed by atoms with Gasteiger partial charge < -0.3 is 19.9 Å². The van der Waals surface area contributed by atoms with Gasteiger partial charge in [-0.3, -0.25) is 9.59 Å². The number of ether oxygens (including phenoxy) is 1. The van der Waals surface area contributed by atoms with Crippen LogP contribution in [0, 0.1) is 0 Å². The number of benzene rings is 1. The summed E-state index contributed by atoms with van der Waals surface area (Å²) in [4.78, 5) is 28.2. The summed E-state index contributed by atoms with van der Waals surface area (Å²) in [5.74, 6) is -0.0819. The van der Waals surface area contributed by atoms with Gasteiger partial charge in [0.15, 0.2) is 0 Å². The molecule has 1 aromatic rings. The predicted molar refractivity (Wildman–Crippen MR) is 100 cm³/mol. The molecule has 2 amide bonds. The van der Waals surface area contributed by atoms with Gasteiger partial charge in [0.05, 0.1) is 24.6 Å². The Morgan fingerprint density at radius 3 is 2.60 bits per heavy atom. The molecular formula is C19H29N3O3. The van der Waals surface area contributed by atoms with E-state index in [9.17, 15) is 9.59 Å². The minimum Gasteiger partial charge on any atom is -0.378 e. The predicted octanol–water partition coefficient (Wildman–Crippen LogP) is 2.18. The van der Waals surface area contributed by atoms with E-state index in [0.717, 1.165) is 30.9 Å². The quantitative estimate of drug-likeness (QED) is 0.821. The lowest BCUT2D eigenvalue weighted by atomic mass is 10.2. The fourth-order valence-electron chi connectivity index (χ4n) is 2.87. The summed E-state index contributed by atoms with van der Waals surface area (Å²) in [5, 5.41) is 2.95. The van der Waals surface area contributed by atoms with E-state index < -0.39 is 0 Å². The number of nitrogens with one attached hydrogen (secondary N) is 1. The molecule has 1 aliphatic rings. The zero-order chi connectivity index (χ0) is 18.2. The fourth-order valence-corrected chi connectivity index (χ4v) is 2.87. The molecule has 0 aromatic heterocycles. The van der Waals surface area contributed by atoms with Crippen LogP contribution in [-0.2, 0) is 14.3 Å². The van der Waals surface area contributed by atoms with Crippen LogP contribution in [-0.4, -0.2) is 50.7 Å². The highest BCUT2D eigenvalue weighted by atomic mass is 16.5. The van der Waals surface area contributed by atoms with Crippen LogP contribution < -0.4 is 15.1 Å². The SMILES string of the molecule is CCC(C)NC(=O)CCN(C(C)=O)c1ccccc1N1CCOCC1. The standard InChI is InChI=1S/C19H29N3O3/c1-4-15(2)20-19(24)9-10-22(16(3)23)18-8-6-5-7-17(18)21-11-13-25-14-12-21/h5-8,15H,4,9-14H2,1-3H3,(H,20,24). The third-order valence-corrected chi connectivity index (χ3v) is 4.49. The second-order valence-corrected chi connectivity index (χ2v) is 6.39. The molecule has 0 bridgehead atoms. The number of nitrogens with zero attached hydrogens (tertiary/aromatic N) is 2. The Labute approximate surface area is 150 Å². The lowest BCUT2D eigenvalue weighted by Gasteiger charge is -2.33. The van der Waals surface area contributed by atoms with Crippen molar-refractivity contribution in [3.63, 3.8) is 0 Å². The first-order chi connectivity index (χ1) is 12.0. The summed E-state index contributed by atoms with van der Waals surface area (Å²) >= 11 is 0.